The highest BCUT2D eigenvalue weighted by Crippen LogP contribution is 2.39. The van der Waals surface area contributed by atoms with Crippen LogP contribution < -0.4 is 5.32 Å². The standard InChI is InChI=1S/C26H22ClN3OS/c1-32-20-10-6-9-19(16-20)28-26(31)30-17-18-8-2-5-13-23(18)29-15-7-14-24(29)25(30)21-11-3-4-12-22(21)27/h2-16,25H,17H2,1H3,(H,28,31)/t25-/m1/s1. The van der Waals surface area contributed by atoms with Gasteiger partial charge in [-0.3, -0.25) is 0 Å². The van der Waals surface area contributed by atoms with E-state index in [1.165, 1.54) is 0 Å². The van der Waals surface area contributed by atoms with E-state index in [2.05, 4.69) is 28.1 Å². The third kappa shape index (κ3) is 3.78. The number of halogens is 1. The van der Waals surface area contributed by atoms with Gasteiger partial charge in [-0.2, -0.15) is 0 Å². The zero-order valence-corrected chi connectivity index (χ0v) is 19.1. The number of hydrogen-bond donors (Lipinski definition) is 1. The minimum Gasteiger partial charge on any atom is -0.318 e. The van der Waals surface area contributed by atoms with Gasteiger partial charge in [0.15, 0.2) is 0 Å². The van der Waals surface area contributed by atoms with E-state index in [1.807, 2.05) is 84.1 Å². The first-order valence-corrected chi connectivity index (χ1v) is 12.0. The summed E-state index contributed by atoms with van der Waals surface area (Å²) in [6.45, 7) is 0.460. The number of carbonyl (C=O) groups is 1. The van der Waals surface area contributed by atoms with Crippen molar-refractivity contribution in [2.45, 2.75) is 17.5 Å². The van der Waals surface area contributed by atoms with Gasteiger partial charge in [0.25, 0.3) is 0 Å². The molecule has 1 aliphatic heterocycles. The molecule has 6 heteroatoms. The average molecular weight is 460 g/mol. The maximum Gasteiger partial charge on any atom is 0.322 e. The molecule has 3 aromatic carbocycles. The van der Waals surface area contributed by atoms with E-state index in [4.69, 9.17) is 11.6 Å². The van der Waals surface area contributed by atoms with Crippen molar-refractivity contribution in [3.63, 3.8) is 0 Å². The number of thioether (sulfide) groups is 1. The van der Waals surface area contributed by atoms with Crippen LogP contribution in [0.3, 0.4) is 0 Å². The Balaban J connectivity index is 1.63. The summed E-state index contributed by atoms with van der Waals surface area (Å²) in [5.41, 5.74) is 4.82. The van der Waals surface area contributed by atoms with Crippen molar-refractivity contribution in [3.05, 3.63) is 113 Å². The fraction of sp³-hybridized carbons (Fsp3) is 0.115. The fourth-order valence-corrected chi connectivity index (χ4v) is 4.96. The van der Waals surface area contributed by atoms with Crippen molar-refractivity contribution in [3.8, 4) is 5.69 Å². The average Bonchev–Trinajstić information content (AvgIpc) is 3.24. The zero-order chi connectivity index (χ0) is 22.1. The Labute approximate surface area is 196 Å². The van der Waals surface area contributed by atoms with Crippen LogP contribution in [0.5, 0.6) is 0 Å². The molecule has 4 aromatic rings. The smallest absolute Gasteiger partial charge is 0.318 e. The van der Waals surface area contributed by atoms with E-state index in [0.717, 1.165) is 33.1 Å². The summed E-state index contributed by atoms with van der Waals surface area (Å²) in [6, 6.07) is 27.4. The SMILES string of the molecule is CSc1cccc(NC(=O)N2Cc3ccccc3-n3cccc3[C@H]2c2ccccc2Cl)c1. The van der Waals surface area contributed by atoms with Gasteiger partial charge in [0.1, 0.15) is 6.04 Å². The fourth-order valence-electron chi connectivity index (χ4n) is 4.26. The number of carbonyl (C=O) groups excluding carboxylic acids is 1. The van der Waals surface area contributed by atoms with Gasteiger partial charge in [-0.05, 0) is 59.8 Å². The van der Waals surface area contributed by atoms with E-state index < -0.39 is 0 Å². The molecule has 0 spiro atoms. The molecule has 32 heavy (non-hydrogen) atoms. The van der Waals surface area contributed by atoms with Crippen molar-refractivity contribution in [1.82, 2.24) is 9.47 Å². The minimum atomic E-state index is -0.338. The molecule has 160 valence electrons. The first-order valence-electron chi connectivity index (χ1n) is 10.4. The number of amides is 2. The van der Waals surface area contributed by atoms with Crippen molar-refractivity contribution < 1.29 is 4.79 Å². The number of para-hydroxylation sites is 1. The highest BCUT2D eigenvalue weighted by atomic mass is 35.5. The lowest BCUT2D eigenvalue weighted by atomic mass is 10.0. The molecular weight excluding hydrogens is 438 g/mol. The van der Waals surface area contributed by atoms with Crippen molar-refractivity contribution >= 4 is 35.1 Å². The predicted octanol–water partition coefficient (Wildman–Crippen LogP) is 6.99. The molecule has 0 saturated heterocycles. The summed E-state index contributed by atoms with van der Waals surface area (Å²) in [7, 11) is 0. The Morgan fingerprint density at radius 2 is 1.81 bits per heavy atom. The van der Waals surface area contributed by atoms with Crippen LogP contribution in [0.4, 0.5) is 10.5 Å². The number of hydrogen-bond acceptors (Lipinski definition) is 2. The number of nitrogens with zero attached hydrogens (tertiary/aromatic N) is 2. The number of urea groups is 1. The molecule has 0 unspecified atom stereocenters. The van der Waals surface area contributed by atoms with Crippen molar-refractivity contribution in [2.75, 3.05) is 11.6 Å². The summed E-state index contributed by atoms with van der Waals surface area (Å²) >= 11 is 8.30. The Hall–Kier alpha value is -3.15. The van der Waals surface area contributed by atoms with Crippen LogP contribution in [0.2, 0.25) is 5.02 Å². The van der Waals surface area contributed by atoms with E-state index in [-0.39, 0.29) is 12.1 Å². The summed E-state index contributed by atoms with van der Waals surface area (Å²) in [5.74, 6) is 0. The highest BCUT2D eigenvalue weighted by Gasteiger charge is 2.34. The highest BCUT2D eigenvalue weighted by molar-refractivity contribution is 7.98. The summed E-state index contributed by atoms with van der Waals surface area (Å²) < 4.78 is 2.16. The van der Waals surface area contributed by atoms with Crippen LogP contribution in [-0.2, 0) is 6.54 Å². The van der Waals surface area contributed by atoms with E-state index in [0.29, 0.717) is 11.6 Å². The second-order valence-electron chi connectivity index (χ2n) is 7.65. The Morgan fingerprint density at radius 1 is 1.00 bits per heavy atom. The van der Waals surface area contributed by atoms with Gasteiger partial charge in [-0.25, -0.2) is 4.79 Å². The van der Waals surface area contributed by atoms with Gasteiger partial charge >= 0.3 is 6.03 Å². The van der Waals surface area contributed by atoms with Crippen LogP contribution in [0.15, 0.2) is 96.0 Å². The van der Waals surface area contributed by atoms with Gasteiger partial charge in [0.2, 0.25) is 0 Å². The molecule has 0 saturated carbocycles. The Bertz CT molecular complexity index is 1290. The molecule has 1 aromatic heterocycles. The maximum absolute atomic E-state index is 13.7. The van der Waals surface area contributed by atoms with Crippen molar-refractivity contribution in [1.29, 1.82) is 0 Å². The number of aromatic nitrogens is 1. The minimum absolute atomic E-state index is 0.169. The molecule has 1 aliphatic rings. The molecule has 5 rings (SSSR count). The molecule has 0 bridgehead atoms. The molecule has 2 heterocycles. The number of anilines is 1. The molecule has 1 N–H and O–H groups in total. The predicted molar refractivity (Wildman–Crippen MR) is 132 cm³/mol. The zero-order valence-electron chi connectivity index (χ0n) is 17.5. The first-order chi connectivity index (χ1) is 15.7. The van der Waals surface area contributed by atoms with Gasteiger partial charge in [0, 0.05) is 21.8 Å². The quantitative estimate of drug-likeness (QED) is 0.335. The molecule has 0 fully saturated rings. The number of fused-ring (bicyclic) bond motifs is 3. The van der Waals surface area contributed by atoms with Gasteiger partial charge in [-0.1, -0.05) is 54.1 Å². The number of rotatable bonds is 3. The second-order valence-corrected chi connectivity index (χ2v) is 8.93. The summed E-state index contributed by atoms with van der Waals surface area (Å²) in [4.78, 5) is 16.7. The largest absolute Gasteiger partial charge is 0.322 e. The van der Waals surface area contributed by atoms with Gasteiger partial charge in [-0.15, -0.1) is 11.8 Å². The van der Waals surface area contributed by atoms with Crippen LogP contribution >= 0.6 is 23.4 Å². The van der Waals surface area contributed by atoms with Crippen LogP contribution in [-0.4, -0.2) is 21.8 Å². The van der Waals surface area contributed by atoms with Crippen LogP contribution in [0.25, 0.3) is 5.69 Å². The van der Waals surface area contributed by atoms with E-state index in [9.17, 15) is 4.79 Å². The third-order valence-electron chi connectivity index (χ3n) is 5.75. The van der Waals surface area contributed by atoms with Gasteiger partial charge < -0.3 is 14.8 Å². The lowest BCUT2D eigenvalue weighted by molar-refractivity contribution is 0.194. The first kappa shape index (κ1) is 20.7. The molecule has 4 nitrogen and oxygen atoms in total. The normalized spacial score (nSPS) is 14.9. The van der Waals surface area contributed by atoms with Gasteiger partial charge in [0.05, 0.1) is 17.9 Å². The topological polar surface area (TPSA) is 37.3 Å². The molecule has 0 aliphatic carbocycles. The third-order valence-corrected chi connectivity index (χ3v) is 6.82. The van der Waals surface area contributed by atoms with E-state index >= 15 is 0 Å². The maximum atomic E-state index is 13.7. The second kappa shape index (κ2) is 8.77. The summed E-state index contributed by atoms with van der Waals surface area (Å²) in [5, 5.41) is 3.75. The van der Waals surface area contributed by atoms with Crippen LogP contribution in [0.1, 0.15) is 22.9 Å². The lowest BCUT2D eigenvalue weighted by Gasteiger charge is -2.31. The number of nitrogens with one attached hydrogen (secondary N) is 1. The Morgan fingerprint density at radius 3 is 2.66 bits per heavy atom. The summed E-state index contributed by atoms with van der Waals surface area (Å²) in [6.07, 6.45) is 4.07. The molecule has 1 atom stereocenters. The molecule has 0 radical (unpaired) electrons. The molecular formula is C26H22ClN3OS. The lowest BCUT2D eigenvalue weighted by Crippen LogP contribution is -2.38. The Kier molecular flexibility index (Phi) is 5.68. The van der Waals surface area contributed by atoms with Crippen LogP contribution in [0, 0.1) is 0 Å². The van der Waals surface area contributed by atoms with E-state index in [1.54, 1.807) is 11.8 Å². The monoisotopic (exact) mass is 459 g/mol. The number of benzene rings is 3. The molecule has 2 amide bonds. The van der Waals surface area contributed by atoms with Crippen molar-refractivity contribution in [2.24, 2.45) is 0 Å².